The molecule has 1 atom stereocenters. The highest BCUT2D eigenvalue weighted by Gasteiger charge is 2.33. The fraction of sp³-hybridized carbons (Fsp3) is 0.593. The zero-order valence-corrected chi connectivity index (χ0v) is 20.2. The lowest BCUT2D eigenvalue weighted by Gasteiger charge is -2.35. The Morgan fingerprint density at radius 2 is 1.94 bits per heavy atom. The smallest absolute Gasteiger partial charge is 0.161 e. The van der Waals surface area contributed by atoms with Gasteiger partial charge >= 0.3 is 0 Å². The molecule has 6 nitrogen and oxygen atoms in total. The Balaban J connectivity index is 1.42. The van der Waals surface area contributed by atoms with Gasteiger partial charge in [0.05, 0.1) is 24.9 Å². The number of hydrogen-bond acceptors (Lipinski definition) is 6. The van der Waals surface area contributed by atoms with Crippen LogP contribution in [0, 0.1) is 11.8 Å². The van der Waals surface area contributed by atoms with Crippen LogP contribution in [0.2, 0.25) is 0 Å². The number of aromatic nitrogens is 2. The van der Waals surface area contributed by atoms with Gasteiger partial charge in [0.15, 0.2) is 5.82 Å². The number of ether oxygens (including phenoxy) is 1. The molecule has 1 aromatic heterocycles. The number of nitrogens with zero attached hydrogens (tertiary/aromatic N) is 4. The highest BCUT2D eigenvalue weighted by Crippen LogP contribution is 2.36. The third-order valence-corrected chi connectivity index (χ3v) is 6.93. The van der Waals surface area contributed by atoms with Gasteiger partial charge in [-0.15, -0.1) is 0 Å². The fourth-order valence-corrected chi connectivity index (χ4v) is 5.03. The zero-order valence-electron chi connectivity index (χ0n) is 20.2. The molecule has 6 heteroatoms. The van der Waals surface area contributed by atoms with Crippen LogP contribution in [-0.4, -0.2) is 53.0 Å². The molecule has 0 unspecified atom stereocenters. The maximum atomic E-state index is 12.2. The minimum Gasteiger partial charge on any atom is -0.377 e. The van der Waals surface area contributed by atoms with E-state index in [4.69, 9.17) is 14.7 Å². The Labute approximate surface area is 197 Å². The number of anilines is 1. The van der Waals surface area contributed by atoms with Gasteiger partial charge in [0.25, 0.3) is 0 Å². The summed E-state index contributed by atoms with van der Waals surface area (Å²) in [5.41, 5.74) is 4.54. The standard InChI is InChI=1S/C27H36N4O2/c1-18(2)12-23(32)13-20-6-8-22(9-7-20)26-28-25-16-30(14-21-4-5-21)15-24(25)27(29-26)31-10-11-33-17-19(31)3/h6-9,18-19,21H,4-5,10-17H2,1-3H3/t19-/m0/s1. The average molecular weight is 449 g/mol. The van der Waals surface area contributed by atoms with Crippen molar-refractivity contribution in [1.82, 2.24) is 14.9 Å². The van der Waals surface area contributed by atoms with Crippen LogP contribution in [0.4, 0.5) is 5.82 Å². The monoisotopic (exact) mass is 448 g/mol. The van der Waals surface area contributed by atoms with Gasteiger partial charge in [-0.05, 0) is 37.2 Å². The molecule has 0 radical (unpaired) electrons. The maximum Gasteiger partial charge on any atom is 0.161 e. The predicted molar refractivity (Wildman–Crippen MR) is 130 cm³/mol. The lowest BCUT2D eigenvalue weighted by Crippen LogP contribution is -2.44. The molecular formula is C27H36N4O2. The lowest BCUT2D eigenvalue weighted by atomic mass is 10.0. The number of fused-ring (bicyclic) bond motifs is 1. The topological polar surface area (TPSA) is 58.6 Å². The summed E-state index contributed by atoms with van der Waals surface area (Å²) in [5, 5.41) is 0. The number of rotatable bonds is 8. The van der Waals surface area contributed by atoms with Gasteiger partial charge in [0.1, 0.15) is 11.6 Å². The molecule has 3 aliphatic rings. The van der Waals surface area contributed by atoms with E-state index in [9.17, 15) is 4.79 Å². The number of carbonyl (C=O) groups excluding carboxylic acids is 1. The molecule has 2 fully saturated rings. The van der Waals surface area contributed by atoms with Crippen LogP contribution in [0.3, 0.4) is 0 Å². The Kier molecular flexibility index (Phi) is 6.48. The molecule has 33 heavy (non-hydrogen) atoms. The van der Waals surface area contributed by atoms with Crippen LogP contribution in [0.1, 0.15) is 56.9 Å². The second-order valence-electron chi connectivity index (χ2n) is 10.5. The molecule has 0 spiro atoms. The van der Waals surface area contributed by atoms with Crippen molar-refractivity contribution >= 4 is 11.6 Å². The van der Waals surface area contributed by atoms with Crippen molar-refractivity contribution in [2.45, 2.75) is 65.6 Å². The first-order chi connectivity index (χ1) is 16.0. The molecule has 0 amide bonds. The van der Waals surface area contributed by atoms with E-state index in [1.807, 2.05) is 0 Å². The van der Waals surface area contributed by atoms with Gasteiger partial charge in [-0.3, -0.25) is 9.69 Å². The molecule has 1 saturated carbocycles. The SMILES string of the molecule is CC(C)CC(=O)Cc1ccc(-c2nc3c(c(N4CCOC[C@@H]4C)n2)CN(CC2CC2)C3)cc1. The highest BCUT2D eigenvalue weighted by molar-refractivity contribution is 5.81. The molecule has 1 aromatic carbocycles. The molecule has 1 aliphatic carbocycles. The Morgan fingerprint density at radius 3 is 2.64 bits per heavy atom. The summed E-state index contributed by atoms with van der Waals surface area (Å²) in [7, 11) is 0. The summed E-state index contributed by atoms with van der Waals surface area (Å²) in [4.78, 5) is 27.3. The van der Waals surface area contributed by atoms with Crippen molar-refractivity contribution in [2.75, 3.05) is 31.2 Å². The number of morpholine rings is 1. The average Bonchev–Trinajstić information content (AvgIpc) is 3.49. The quantitative estimate of drug-likeness (QED) is 0.602. The molecule has 176 valence electrons. The summed E-state index contributed by atoms with van der Waals surface area (Å²) in [6.45, 7) is 11.8. The lowest BCUT2D eigenvalue weighted by molar-refractivity contribution is -0.119. The van der Waals surface area contributed by atoms with Gasteiger partial charge in [-0.1, -0.05) is 38.1 Å². The Morgan fingerprint density at radius 1 is 1.15 bits per heavy atom. The molecule has 2 aliphatic heterocycles. The first-order valence-corrected chi connectivity index (χ1v) is 12.5. The summed E-state index contributed by atoms with van der Waals surface area (Å²) in [5.74, 6) is 3.43. The van der Waals surface area contributed by atoms with Crippen molar-refractivity contribution < 1.29 is 9.53 Å². The van der Waals surface area contributed by atoms with E-state index in [1.165, 1.54) is 30.6 Å². The van der Waals surface area contributed by atoms with E-state index in [0.29, 0.717) is 30.6 Å². The summed E-state index contributed by atoms with van der Waals surface area (Å²) >= 11 is 0. The van der Waals surface area contributed by atoms with Gasteiger partial charge in [-0.2, -0.15) is 0 Å². The predicted octanol–water partition coefficient (Wildman–Crippen LogP) is 4.25. The first-order valence-electron chi connectivity index (χ1n) is 12.5. The number of ketones is 1. The van der Waals surface area contributed by atoms with E-state index >= 15 is 0 Å². The van der Waals surface area contributed by atoms with Gasteiger partial charge < -0.3 is 9.64 Å². The van der Waals surface area contributed by atoms with Crippen molar-refractivity contribution in [1.29, 1.82) is 0 Å². The van der Waals surface area contributed by atoms with Gasteiger partial charge in [-0.25, -0.2) is 9.97 Å². The van der Waals surface area contributed by atoms with Crippen molar-refractivity contribution in [3.63, 3.8) is 0 Å². The Hall–Kier alpha value is -2.31. The highest BCUT2D eigenvalue weighted by atomic mass is 16.5. The summed E-state index contributed by atoms with van der Waals surface area (Å²) in [6, 6.07) is 8.56. The van der Waals surface area contributed by atoms with E-state index in [2.05, 4.69) is 54.8 Å². The Bertz CT molecular complexity index is 1000. The van der Waals surface area contributed by atoms with Crippen LogP contribution in [0.15, 0.2) is 24.3 Å². The van der Waals surface area contributed by atoms with Gasteiger partial charge in [0, 0.05) is 50.1 Å². The largest absolute Gasteiger partial charge is 0.377 e. The van der Waals surface area contributed by atoms with Crippen LogP contribution in [-0.2, 0) is 29.0 Å². The molecule has 0 N–H and O–H groups in total. The van der Waals surface area contributed by atoms with E-state index in [1.54, 1.807) is 0 Å². The van der Waals surface area contributed by atoms with E-state index in [-0.39, 0.29) is 0 Å². The zero-order chi connectivity index (χ0) is 22.9. The van der Waals surface area contributed by atoms with E-state index in [0.717, 1.165) is 61.5 Å². The van der Waals surface area contributed by atoms with Crippen LogP contribution >= 0.6 is 0 Å². The minimum atomic E-state index is 0.297. The normalized spacial score (nSPS) is 21.0. The van der Waals surface area contributed by atoms with Crippen LogP contribution < -0.4 is 4.90 Å². The number of Topliss-reactive ketones (excluding diaryl/α,β-unsaturated/α-hetero) is 1. The summed E-state index contributed by atoms with van der Waals surface area (Å²) < 4.78 is 5.70. The van der Waals surface area contributed by atoms with E-state index < -0.39 is 0 Å². The molecule has 3 heterocycles. The van der Waals surface area contributed by atoms with Gasteiger partial charge in [0.2, 0.25) is 0 Å². The second kappa shape index (κ2) is 9.51. The third-order valence-electron chi connectivity index (χ3n) is 6.93. The molecule has 0 bridgehead atoms. The maximum absolute atomic E-state index is 12.2. The first kappa shape index (κ1) is 22.5. The number of benzene rings is 1. The van der Waals surface area contributed by atoms with Crippen molar-refractivity contribution in [3.05, 3.63) is 41.1 Å². The number of carbonyl (C=O) groups is 1. The molecule has 5 rings (SSSR count). The molecule has 1 saturated heterocycles. The number of hydrogen-bond donors (Lipinski definition) is 0. The van der Waals surface area contributed by atoms with Crippen LogP contribution in [0.25, 0.3) is 11.4 Å². The van der Waals surface area contributed by atoms with Crippen molar-refractivity contribution in [2.24, 2.45) is 11.8 Å². The van der Waals surface area contributed by atoms with Crippen molar-refractivity contribution in [3.8, 4) is 11.4 Å². The second-order valence-corrected chi connectivity index (χ2v) is 10.5. The minimum absolute atomic E-state index is 0.297. The molecule has 2 aromatic rings. The third kappa shape index (κ3) is 5.28. The summed E-state index contributed by atoms with van der Waals surface area (Å²) in [6.07, 6.45) is 3.86. The fourth-order valence-electron chi connectivity index (χ4n) is 5.03. The molecular weight excluding hydrogens is 412 g/mol. The van der Waals surface area contributed by atoms with Crippen LogP contribution in [0.5, 0.6) is 0 Å².